The van der Waals surface area contributed by atoms with Gasteiger partial charge in [-0.2, -0.15) is 13.2 Å². The molecule has 1 aromatic rings. The third-order valence-electron chi connectivity index (χ3n) is 2.79. The second-order valence-corrected chi connectivity index (χ2v) is 4.55. The minimum atomic E-state index is -4.16. The van der Waals surface area contributed by atoms with Crippen molar-refractivity contribution in [3.8, 4) is 0 Å². The van der Waals surface area contributed by atoms with Crippen LogP contribution in [0, 0.1) is 0 Å². The maximum Gasteiger partial charge on any atom is 0.390 e. The predicted molar refractivity (Wildman–Crippen MR) is 67.9 cm³/mol. The number of hydrogen-bond donors (Lipinski definition) is 1. The molecule has 0 spiro atoms. The first-order chi connectivity index (χ1) is 8.81. The Kier molecular flexibility index (Phi) is 5.53. The third-order valence-corrected chi connectivity index (χ3v) is 2.79. The largest absolute Gasteiger partial charge is 0.390 e. The van der Waals surface area contributed by atoms with Crippen molar-refractivity contribution in [1.82, 2.24) is 9.97 Å². The van der Waals surface area contributed by atoms with Crippen molar-refractivity contribution in [3.63, 3.8) is 0 Å². The van der Waals surface area contributed by atoms with E-state index in [0.29, 0.717) is 6.42 Å². The number of aromatic nitrogens is 2. The Hall–Kier alpha value is -1.37. The second kappa shape index (κ2) is 6.70. The summed E-state index contributed by atoms with van der Waals surface area (Å²) < 4.78 is 36.3. The van der Waals surface area contributed by atoms with E-state index in [9.17, 15) is 13.2 Å². The van der Waals surface area contributed by atoms with E-state index in [1.165, 1.54) is 4.90 Å². The van der Waals surface area contributed by atoms with E-state index < -0.39 is 12.6 Å². The molecule has 1 aromatic heterocycles. The number of rotatable bonds is 6. The highest BCUT2D eigenvalue weighted by Crippen LogP contribution is 2.20. The van der Waals surface area contributed by atoms with Gasteiger partial charge in [0.25, 0.3) is 0 Å². The van der Waals surface area contributed by atoms with Crippen molar-refractivity contribution in [2.75, 3.05) is 18.5 Å². The molecule has 0 aliphatic carbocycles. The third kappa shape index (κ3) is 5.87. The van der Waals surface area contributed by atoms with Crippen LogP contribution in [-0.2, 0) is 6.42 Å². The SMILES string of the molecule is CCC(N)Cc1cnc(N(C)CCC(F)(F)F)nc1. The summed E-state index contributed by atoms with van der Waals surface area (Å²) in [7, 11) is 1.54. The second-order valence-electron chi connectivity index (χ2n) is 4.55. The topological polar surface area (TPSA) is 55.0 Å². The molecule has 0 amide bonds. The maximum atomic E-state index is 12.1. The molecule has 0 aliphatic rings. The van der Waals surface area contributed by atoms with Gasteiger partial charge in [0.1, 0.15) is 0 Å². The lowest BCUT2D eigenvalue weighted by Crippen LogP contribution is -2.26. The molecule has 0 fully saturated rings. The molecule has 1 heterocycles. The van der Waals surface area contributed by atoms with E-state index in [2.05, 4.69) is 9.97 Å². The Labute approximate surface area is 110 Å². The van der Waals surface area contributed by atoms with Gasteiger partial charge < -0.3 is 10.6 Å². The molecule has 19 heavy (non-hydrogen) atoms. The van der Waals surface area contributed by atoms with Crippen LogP contribution in [-0.4, -0.2) is 35.8 Å². The summed E-state index contributed by atoms with van der Waals surface area (Å²) in [6.45, 7) is 1.84. The van der Waals surface area contributed by atoms with Crippen LogP contribution in [0.1, 0.15) is 25.3 Å². The fraction of sp³-hybridized carbons (Fsp3) is 0.667. The maximum absolute atomic E-state index is 12.1. The number of nitrogens with two attached hydrogens (primary N) is 1. The average Bonchev–Trinajstić information content (AvgIpc) is 2.36. The van der Waals surface area contributed by atoms with Crippen LogP contribution in [0.5, 0.6) is 0 Å². The van der Waals surface area contributed by atoms with Crippen molar-refractivity contribution in [1.29, 1.82) is 0 Å². The molecule has 0 saturated carbocycles. The van der Waals surface area contributed by atoms with Gasteiger partial charge in [0.05, 0.1) is 6.42 Å². The van der Waals surface area contributed by atoms with Crippen LogP contribution >= 0.6 is 0 Å². The van der Waals surface area contributed by atoms with Crippen molar-refractivity contribution in [2.45, 2.75) is 38.4 Å². The van der Waals surface area contributed by atoms with Gasteiger partial charge in [-0.1, -0.05) is 6.92 Å². The molecular formula is C12H19F3N4. The molecule has 0 radical (unpaired) electrons. The molecule has 108 valence electrons. The minimum Gasteiger partial charge on any atom is -0.344 e. The molecule has 0 saturated heterocycles. The van der Waals surface area contributed by atoms with E-state index in [4.69, 9.17) is 5.73 Å². The summed E-state index contributed by atoms with van der Waals surface area (Å²) in [6, 6.07) is 0.0532. The number of hydrogen-bond acceptors (Lipinski definition) is 4. The van der Waals surface area contributed by atoms with Gasteiger partial charge in [-0.15, -0.1) is 0 Å². The van der Waals surface area contributed by atoms with Crippen LogP contribution < -0.4 is 10.6 Å². The lowest BCUT2D eigenvalue weighted by atomic mass is 10.1. The molecule has 4 nitrogen and oxygen atoms in total. The highest BCUT2D eigenvalue weighted by Gasteiger charge is 2.27. The zero-order chi connectivity index (χ0) is 14.5. The molecule has 1 unspecified atom stereocenters. The first-order valence-electron chi connectivity index (χ1n) is 6.16. The zero-order valence-electron chi connectivity index (χ0n) is 11.1. The summed E-state index contributed by atoms with van der Waals surface area (Å²) in [4.78, 5) is 9.50. The summed E-state index contributed by atoms with van der Waals surface area (Å²) in [5.74, 6) is 0.290. The summed E-state index contributed by atoms with van der Waals surface area (Å²) in [5.41, 5.74) is 6.70. The van der Waals surface area contributed by atoms with Gasteiger partial charge in [-0.25, -0.2) is 9.97 Å². The predicted octanol–water partition coefficient (Wildman–Crippen LogP) is 2.15. The van der Waals surface area contributed by atoms with Crippen LogP contribution in [0.2, 0.25) is 0 Å². The number of nitrogens with zero attached hydrogens (tertiary/aromatic N) is 3. The highest BCUT2D eigenvalue weighted by atomic mass is 19.4. The molecule has 0 bridgehead atoms. The van der Waals surface area contributed by atoms with Crippen LogP contribution in [0.25, 0.3) is 0 Å². The van der Waals surface area contributed by atoms with E-state index in [1.807, 2.05) is 6.92 Å². The molecule has 2 N–H and O–H groups in total. The first kappa shape index (κ1) is 15.7. The summed E-state index contributed by atoms with van der Waals surface area (Å²) in [5, 5.41) is 0. The molecule has 7 heteroatoms. The first-order valence-corrected chi connectivity index (χ1v) is 6.16. The molecule has 0 aliphatic heterocycles. The monoisotopic (exact) mass is 276 g/mol. The van der Waals surface area contributed by atoms with Gasteiger partial charge in [-0.3, -0.25) is 0 Å². The van der Waals surface area contributed by atoms with E-state index in [0.717, 1.165) is 12.0 Å². The Morgan fingerprint density at radius 1 is 1.32 bits per heavy atom. The molecule has 1 atom stereocenters. The average molecular weight is 276 g/mol. The Balaban J connectivity index is 2.55. The highest BCUT2D eigenvalue weighted by molar-refractivity contribution is 5.28. The number of anilines is 1. The summed E-state index contributed by atoms with van der Waals surface area (Å²) in [6.07, 6.45) is -0.294. The lowest BCUT2D eigenvalue weighted by molar-refractivity contribution is -0.132. The van der Waals surface area contributed by atoms with E-state index >= 15 is 0 Å². The van der Waals surface area contributed by atoms with Crippen molar-refractivity contribution in [2.24, 2.45) is 5.73 Å². The number of alkyl halides is 3. The van der Waals surface area contributed by atoms with Crippen LogP contribution in [0.3, 0.4) is 0 Å². The van der Waals surface area contributed by atoms with E-state index in [-0.39, 0.29) is 18.5 Å². The van der Waals surface area contributed by atoms with Gasteiger partial charge in [0.15, 0.2) is 0 Å². The van der Waals surface area contributed by atoms with E-state index in [1.54, 1.807) is 19.4 Å². The zero-order valence-corrected chi connectivity index (χ0v) is 11.1. The van der Waals surface area contributed by atoms with Crippen molar-refractivity contribution < 1.29 is 13.2 Å². The molecule has 1 rings (SSSR count). The van der Waals surface area contributed by atoms with Crippen molar-refractivity contribution in [3.05, 3.63) is 18.0 Å². The van der Waals surface area contributed by atoms with Gasteiger partial charge >= 0.3 is 6.18 Å². The fourth-order valence-electron chi connectivity index (χ4n) is 1.49. The Bertz CT molecular complexity index is 378. The number of halogens is 3. The normalized spacial score (nSPS) is 13.4. The van der Waals surface area contributed by atoms with Gasteiger partial charge in [-0.05, 0) is 18.4 Å². The molecule has 0 aromatic carbocycles. The quantitative estimate of drug-likeness (QED) is 0.865. The van der Waals surface area contributed by atoms with Crippen molar-refractivity contribution >= 4 is 5.95 Å². The van der Waals surface area contributed by atoms with Gasteiger partial charge in [0, 0.05) is 32.0 Å². The molecular weight excluding hydrogens is 257 g/mol. The summed E-state index contributed by atoms with van der Waals surface area (Å²) >= 11 is 0. The smallest absolute Gasteiger partial charge is 0.344 e. The Morgan fingerprint density at radius 3 is 2.37 bits per heavy atom. The van der Waals surface area contributed by atoms with Crippen LogP contribution in [0.15, 0.2) is 12.4 Å². The van der Waals surface area contributed by atoms with Gasteiger partial charge in [0.2, 0.25) is 5.95 Å². The fourth-order valence-corrected chi connectivity index (χ4v) is 1.49. The lowest BCUT2D eigenvalue weighted by Gasteiger charge is -2.18. The van der Waals surface area contributed by atoms with Crippen LogP contribution in [0.4, 0.5) is 19.1 Å². The standard InChI is InChI=1S/C12H19F3N4/c1-3-10(16)6-9-7-17-11(18-8-9)19(2)5-4-12(13,14)15/h7-8,10H,3-6,16H2,1-2H3. The minimum absolute atomic E-state index is 0.0532. The Morgan fingerprint density at radius 2 is 1.89 bits per heavy atom.